The zero-order chi connectivity index (χ0) is 13.1. The van der Waals surface area contributed by atoms with E-state index in [0.717, 1.165) is 10.7 Å². The summed E-state index contributed by atoms with van der Waals surface area (Å²) in [4.78, 5) is 16.1. The lowest BCUT2D eigenvalue weighted by Crippen LogP contribution is -2.23. The SMILES string of the molecule is CC(C)c1nc(CNC(=O)c2cc(N)n[nH]2)cs1. The van der Waals surface area contributed by atoms with E-state index in [2.05, 4.69) is 34.3 Å². The first-order valence-corrected chi connectivity index (χ1v) is 6.47. The predicted molar refractivity (Wildman–Crippen MR) is 70.4 cm³/mol. The van der Waals surface area contributed by atoms with E-state index in [1.807, 2.05) is 5.38 Å². The maximum atomic E-state index is 11.7. The van der Waals surface area contributed by atoms with E-state index in [4.69, 9.17) is 5.73 Å². The smallest absolute Gasteiger partial charge is 0.269 e. The monoisotopic (exact) mass is 265 g/mol. The second-order valence-electron chi connectivity index (χ2n) is 4.22. The summed E-state index contributed by atoms with van der Waals surface area (Å²) in [6.45, 7) is 4.59. The number of anilines is 1. The average molecular weight is 265 g/mol. The molecule has 7 heteroatoms. The molecule has 2 aromatic heterocycles. The number of nitrogens with two attached hydrogens (primary N) is 1. The van der Waals surface area contributed by atoms with Gasteiger partial charge in [-0.3, -0.25) is 9.89 Å². The standard InChI is InChI=1S/C11H15N5OS/c1-6(2)11-14-7(5-18-11)4-13-10(17)8-3-9(12)16-15-8/h3,5-6H,4H2,1-2H3,(H,13,17)(H3,12,15,16). The maximum absolute atomic E-state index is 11.7. The first-order valence-electron chi connectivity index (χ1n) is 5.59. The van der Waals surface area contributed by atoms with Crippen LogP contribution in [-0.4, -0.2) is 21.1 Å². The first kappa shape index (κ1) is 12.6. The van der Waals surface area contributed by atoms with E-state index in [-0.39, 0.29) is 5.91 Å². The molecule has 0 unspecified atom stereocenters. The summed E-state index contributed by atoms with van der Waals surface area (Å²) in [6.07, 6.45) is 0. The zero-order valence-corrected chi connectivity index (χ0v) is 11.0. The normalized spacial score (nSPS) is 10.8. The number of aromatic amines is 1. The second-order valence-corrected chi connectivity index (χ2v) is 5.11. The highest BCUT2D eigenvalue weighted by atomic mass is 32.1. The lowest BCUT2D eigenvalue weighted by Gasteiger charge is -2.00. The fraction of sp³-hybridized carbons (Fsp3) is 0.364. The van der Waals surface area contributed by atoms with Crippen LogP contribution >= 0.6 is 11.3 Å². The van der Waals surface area contributed by atoms with Gasteiger partial charge < -0.3 is 11.1 Å². The fourth-order valence-electron chi connectivity index (χ4n) is 1.39. The number of hydrogen-bond acceptors (Lipinski definition) is 5. The third-order valence-corrected chi connectivity index (χ3v) is 3.53. The molecule has 2 aromatic rings. The highest BCUT2D eigenvalue weighted by molar-refractivity contribution is 7.09. The van der Waals surface area contributed by atoms with Gasteiger partial charge in [-0.05, 0) is 0 Å². The molecular weight excluding hydrogens is 250 g/mol. The fourth-order valence-corrected chi connectivity index (χ4v) is 2.22. The van der Waals surface area contributed by atoms with E-state index in [1.165, 1.54) is 6.07 Å². The lowest BCUT2D eigenvalue weighted by molar-refractivity contribution is 0.0945. The van der Waals surface area contributed by atoms with Gasteiger partial charge in [-0.1, -0.05) is 13.8 Å². The van der Waals surface area contributed by atoms with Crippen molar-refractivity contribution in [3.63, 3.8) is 0 Å². The van der Waals surface area contributed by atoms with Crippen molar-refractivity contribution in [2.75, 3.05) is 5.73 Å². The van der Waals surface area contributed by atoms with Crippen molar-refractivity contribution in [3.05, 3.63) is 27.8 Å². The van der Waals surface area contributed by atoms with Crippen LogP contribution in [0.15, 0.2) is 11.4 Å². The molecule has 0 saturated heterocycles. The Hall–Kier alpha value is -1.89. The van der Waals surface area contributed by atoms with Crippen molar-refractivity contribution in [1.29, 1.82) is 0 Å². The van der Waals surface area contributed by atoms with E-state index in [0.29, 0.717) is 24.0 Å². The molecule has 2 heterocycles. The van der Waals surface area contributed by atoms with Crippen LogP contribution in [0.5, 0.6) is 0 Å². The Kier molecular flexibility index (Phi) is 3.61. The number of carbonyl (C=O) groups excluding carboxylic acids is 1. The molecule has 0 bridgehead atoms. The van der Waals surface area contributed by atoms with Crippen molar-refractivity contribution < 1.29 is 4.79 Å². The highest BCUT2D eigenvalue weighted by Crippen LogP contribution is 2.18. The number of nitrogens with zero attached hydrogens (tertiary/aromatic N) is 2. The highest BCUT2D eigenvalue weighted by Gasteiger charge is 2.10. The molecule has 96 valence electrons. The van der Waals surface area contributed by atoms with Gasteiger partial charge in [0.1, 0.15) is 11.5 Å². The van der Waals surface area contributed by atoms with Gasteiger partial charge in [0.25, 0.3) is 5.91 Å². The van der Waals surface area contributed by atoms with Crippen LogP contribution in [-0.2, 0) is 6.54 Å². The topological polar surface area (TPSA) is 96.7 Å². The van der Waals surface area contributed by atoms with Crippen LogP contribution < -0.4 is 11.1 Å². The minimum atomic E-state index is -0.238. The number of carbonyl (C=O) groups is 1. The summed E-state index contributed by atoms with van der Waals surface area (Å²) in [6, 6.07) is 1.50. The molecule has 18 heavy (non-hydrogen) atoms. The molecule has 0 aromatic carbocycles. The predicted octanol–water partition coefficient (Wildman–Crippen LogP) is 1.50. The molecule has 2 rings (SSSR count). The largest absolute Gasteiger partial charge is 0.382 e. The summed E-state index contributed by atoms with van der Waals surface area (Å²) in [5, 5.41) is 12.0. The van der Waals surface area contributed by atoms with Gasteiger partial charge in [0, 0.05) is 17.4 Å². The van der Waals surface area contributed by atoms with Crippen molar-refractivity contribution >= 4 is 23.1 Å². The van der Waals surface area contributed by atoms with Crippen LogP contribution in [0.4, 0.5) is 5.82 Å². The summed E-state index contributed by atoms with van der Waals surface area (Å²) >= 11 is 1.61. The van der Waals surface area contributed by atoms with Gasteiger partial charge in [-0.15, -0.1) is 11.3 Å². The number of H-pyrrole nitrogens is 1. The van der Waals surface area contributed by atoms with Crippen molar-refractivity contribution in [1.82, 2.24) is 20.5 Å². The molecule has 6 nitrogen and oxygen atoms in total. The van der Waals surface area contributed by atoms with Crippen LogP contribution in [0, 0.1) is 0 Å². The Morgan fingerprint density at radius 2 is 2.39 bits per heavy atom. The number of amides is 1. The number of aromatic nitrogens is 3. The van der Waals surface area contributed by atoms with Gasteiger partial charge in [0.2, 0.25) is 0 Å². The Bertz CT molecular complexity index is 545. The molecule has 0 radical (unpaired) electrons. The Morgan fingerprint density at radius 1 is 1.61 bits per heavy atom. The number of thiazole rings is 1. The van der Waals surface area contributed by atoms with E-state index >= 15 is 0 Å². The quantitative estimate of drug-likeness (QED) is 0.780. The third-order valence-electron chi connectivity index (χ3n) is 2.34. The second kappa shape index (κ2) is 5.18. The number of rotatable bonds is 4. The zero-order valence-electron chi connectivity index (χ0n) is 10.2. The summed E-state index contributed by atoms with van der Waals surface area (Å²) in [7, 11) is 0. The molecule has 4 N–H and O–H groups in total. The molecule has 0 saturated carbocycles. The molecule has 0 aliphatic heterocycles. The van der Waals surface area contributed by atoms with E-state index in [9.17, 15) is 4.79 Å². The maximum Gasteiger partial charge on any atom is 0.269 e. The van der Waals surface area contributed by atoms with Crippen LogP contribution in [0.2, 0.25) is 0 Å². The number of hydrogen-bond donors (Lipinski definition) is 3. The van der Waals surface area contributed by atoms with Gasteiger partial charge in [-0.25, -0.2) is 4.98 Å². The van der Waals surface area contributed by atoms with Gasteiger partial charge in [-0.2, -0.15) is 5.10 Å². The summed E-state index contributed by atoms with van der Waals surface area (Å²) < 4.78 is 0. The van der Waals surface area contributed by atoms with Gasteiger partial charge >= 0.3 is 0 Å². The molecule has 0 aliphatic carbocycles. The molecule has 1 amide bonds. The first-order chi connectivity index (χ1) is 8.56. The number of nitrogen functional groups attached to an aromatic ring is 1. The van der Waals surface area contributed by atoms with Crippen molar-refractivity contribution in [2.24, 2.45) is 0 Å². The van der Waals surface area contributed by atoms with E-state index in [1.54, 1.807) is 11.3 Å². The van der Waals surface area contributed by atoms with Crippen LogP contribution in [0.25, 0.3) is 0 Å². The Morgan fingerprint density at radius 3 is 2.94 bits per heavy atom. The molecule has 0 atom stereocenters. The van der Waals surface area contributed by atoms with Crippen molar-refractivity contribution in [2.45, 2.75) is 26.3 Å². The minimum absolute atomic E-state index is 0.238. The minimum Gasteiger partial charge on any atom is -0.382 e. The van der Waals surface area contributed by atoms with Gasteiger partial charge in [0.15, 0.2) is 0 Å². The molecule has 0 spiro atoms. The van der Waals surface area contributed by atoms with Gasteiger partial charge in [0.05, 0.1) is 17.2 Å². The summed E-state index contributed by atoms with van der Waals surface area (Å²) in [5.41, 5.74) is 6.65. The van der Waals surface area contributed by atoms with Crippen LogP contribution in [0.1, 0.15) is 41.0 Å². The van der Waals surface area contributed by atoms with Crippen LogP contribution in [0.3, 0.4) is 0 Å². The third kappa shape index (κ3) is 2.86. The summed E-state index contributed by atoms with van der Waals surface area (Å²) in [5.74, 6) is 0.473. The van der Waals surface area contributed by atoms with Crippen molar-refractivity contribution in [3.8, 4) is 0 Å². The Labute approximate surface area is 109 Å². The molecular formula is C11H15N5OS. The Balaban J connectivity index is 1.93. The molecule has 0 aliphatic rings. The number of nitrogens with one attached hydrogen (secondary N) is 2. The lowest BCUT2D eigenvalue weighted by atomic mass is 10.2. The average Bonchev–Trinajstić information content (AvgIpc) is 2.94. The van der Waals surface area contributed by atoms with E-state index < -0.39 is 0 Å². The molecule has 0 fully saturated rings.